The summed E-state index contributed by atoms with van der Waals surface area (Å²) in [5.74, 6) is 0.235. The first kappa shape index (κ1) is 18.1. The summed E-state index contributed by atoms with van der Waals surface area (Å²) in [6, 6.07) is 4.77. The van der Waals surface area contributed by atoms with Gasteiger partial charge < -0.3 is 9.84 Å². The number of hydrogen-bond acceptors (Lipinski definition) is 2. The molecule has 3 nitrogen and oxygen atoms in total. The fraction of sp³-hybridized carbons (Fsp3) is 0.462. The molecule has 8 heteroatoms. The van der Waals surface area contributed by atoms with Gasteiger partial charge >= 0.3 is 11.8 Å². The predicted octanol–water partition coefficient (Wildman–Crippen LogP) is 5.76. The second kappa shape index (κ2) is 6.44. The van der Waals surface area contributed by atoms with Crippen molar-refractivity contribution in [3.63, 3.8) is 0 Å². The normalized spacial score (nSPS) is 19.3. The van der Waals surface area contributed by atoms with Gasteiger partial charge in [-0.3, -0.25) is 0 Å². The molecule has 2 rings (SSSR count). The predicted molar refractivity (Wildman–Crippen MR) is 75.8 cm³/mol. The van der Waals surface area contributed by atoms with E-state index in [-0.39, 0.29) is 11.2 Å². The van der Waals surface area contributed by atoms with Gasteiger partial charge in [0, 0.05) is 11.6 Å². The zero-order chi connectivity index (χ0) is 16.4. The summed E-state index contributed by atoms with van der Waals surface area (Å²) in [5.41, 5.74) is -0.0531. The van der Waals surface area contributed by atoms with Gasteiger partial charge in [0.2, 0.25) is 0 Å². The lowest BCUT2D eigenvalue weighted by Gasteiger charge is -2.12. The summed E-state index contributed by atoms with van der Waals surface area (Å²) in [4.78, 5) is 8.77. The highest BCUT2D eigenvalue weighted by Crippen LogP contribution is 2.59. The number of alkyl halides is 3. The number of carboxylic acid groups (broad SMARTS) is 1. The Labute approximate surface area is 133 Å². The van der Waals surface area contributed by atoms with Crippen molar-refractivity contribution in [3.8, 4) is 5.75 Å². The van der Waals surface area contributed by atoms with Crippen LogP contribution in [0.15, 0.2) is 22.7 Å². The fourth-order valence-corrected chi connectivity index (χ4v) is 2.45. The van der Waals surface area contributed by atoms with Gasteiger partial charge in [-0.05, 0) is 51.4 Å². The minimum Gasteiger partial charge on any atom is -0.469 e. The Morgan fingerprint density at radius 3 is 2.29 bits per heavy atom. The van der Waals surface area contributed by atoms with E-state index in [2.05, 4.69) is 46.1 Å². The summed E-state index contributed by atoms with van der Waals surface area (Å²) in [6.07, 6.45) is -3.58. The first-order valence-corrected chi connectivity index (χ1v) is 7.03. The van der Waals surface area contributed by atoms with Crippen LogP contribution in [0.1, 0.15) is 31.7 Å². The van der Waals surface area contributed by atoms with Crippen molar-refractivity contribution in [2.24, 2.45) is 5.41 Å². The van der Waals surface area contributed by atoms with Gasteiger partial charge in [0.1, 0.15) is 5.75 Å². The summed E-state index contributed by atoms with van der Waals surface area (Å²) in [6.45, 7) is 4.29. The third-order valence-electron chi connectivity index (χ3n) is 3.10. The second-order valence-corrected chi connectivity index (χ2v) is 6.41. The van der Waals surface area contributed by atoms with Crippen molar-refractivity contribution in [2.45, 2.75) is 32.5 Å². The molecule has 1 unspecified atom stereocenters. The van der Waals surface area contributed by atoms with Gasteiger partial charge in [0.25, 0.3) is 0 Å². The van der Waals surface area contributed by atoms with Gasteiger partial charge in [0.05, 0.1) is 4.47 Å². The van der Waals surface area contributed by atoms with E-state index < -0.39 is 11.8 Å². The fourth-order valence-electron chi connectivity index (χ4n) is 1.98. The molecule has 0 bridgehead atoms. The number of rotatable bonds is 2. The molecule has 1 aromatic rings. The Kier molecular flexibility index (Phi) is 5.55. The van der Waals surface area contributed by atoms with Gasteiger partial charge in [0.15, 0.2) is 0 Å². The molecule has 21 heavy (non-hydrogen) atoms. The Morgan fingerprint density at radius 2 is 1.95 bits per heavy atom. The number of hydrogen-bond donors (Lipinski definition) is 1. The Morgan fingerprint density at radius 1 is 1.48 bits per heavy atom. The summed E-state index contributed by atoms with van der Waals surface area (Å²) in [5, 5.41) is 7.18. The Hall–Kier alpha value is -0.950. The smallest absolute Gasteiger partial charge is 0.469 e. The Bertz CT molecular complexity index is 528. The van der Waals surface area contributed by atoms with E-state index in [4.69, 9.17) is 9.90 Å². The molecule has 118 valence electrons. The molecule has 1 atom stereocenters. The maximum Gasteiger partial charge on any atom is 0.573 e. The highest BCUT2D eigenvalue weighted by atomic mass is 79.9. The van der Waals surface area contributed by atoms with Gasteiger partial charge in [-0.2, -0.15) is 0 Å². The number of ether oxygens (including phenoxy) is 1. The molecule has 1 N–H and O–H groups in total. The lowest BCUT2D eigenvalue weighted by molar-refractivity contribution is -0.274. The highest BCUT2D eigenvalue weighted by molar-refractivity contribution is 9.10. The molecular formula is C13H13BrClF3O3. The summed E-state index contributed by atoms with van der Waals surface area (Å²) < 4.78 is 40.5. The summed E-state index contributed by atoms with van der Waals surface area (Å²) in [7, 11) is 0. The van der Waals surface area contributed by atoms with Crippen molar-refractivity contribution in [2.75, 3.05) is 0 Å². The zero-order valence-corrected chi connectivity index (χ0v) is 13.5. The molecule has 0 spiro atoms. The number of halogens is 5. The van der Waals surface area contributed by atoms with Crippen molar-refractivity contribution in [1.29, 1.82) is 0 Å². The number of benzene rings is 1. The quantitative estimate of drug-likeness (QED) is 0.654. The van der Waals surface area contributed by atoms with Crippen LogP contribution >= 0.6 is 27.5 Å². The lowest BCUT2D eigenvalue weighted by Crippen LogP contribution is -2.17. The van der Waals surface area contributed by atoms with Gasteiger partial charge in [-0.25, -0.2) is 4.79 Å². The maximum absolute atomic E-state index is 12.1. The van der Waals surface area contributed by atoms with Crippen LogP contribution in [0.25, 0.3) is 0 Å². The van der Waals surface area contributed by atoms with E-state index in [1.165, 1.54) is 6.07 Å². The molecule has 1 aliphatic carbocycles. The number of carbonyl (C=O) groups is 1. The van der Waals surface area contributed by atoms with E-state index in [0.29, 0.717) is 10.4 Å². The van der Waals surface area contributed by atoms with Gasteiger partial charge in [-0.15, -0.1) is 13.2 Å². The van der Waals surface area contributed by atoms with E-state index in [1.807, 2.05) is 0 Å². The van der Waals surface area contributed by atoms with E-state index in [9.17, 15) is 13.2 Å². The molecule has 1 fully saturated rings. The molecule has 0 aromatic heterocycles. The van der Waals surface area contributed by atoms with Crippen molar-refractivity contribution in [3.05, 3.63) is 28.2 Å². The van der Waals surface area contributed by atoms with Crippen LogP contribution in [0.5, 0.6) is 5.75 Å². The maximum atomic E-state index is 12.1. The third kappa shape index (κ3) is 6.13. The average Bonchev–Trinajstić information content (AvgIpc) is 2.88. The molecule has 0 heterocycles. The second-order valence-electron chi connectivity index (χ2n) is 5.24. The van der Waals surface area contributed by atoms with E-state index in [0.717, 1.165) is 12.0 Å². The first-order valence-electron chi connectivity index (χ1n) is 5.86. The van der Waals surface area contributed by atoms with Crippen LogP contribution in [0.4, 0.5) is 18.0 Å². The lowest BCUT2D eigenvalue weighted by atomic mass is 10.0. The largest absolute Gasteiger partial charge is 0.573 e. The van der Waals surface area contributed by atoms with Crippen molar-refractivity contribution >= 4 is 33.0 Å². The van der Waals surface area contributed by atoms with Crippen LogP contribution in [-0.4, -0.2) is 16.9 Å². The van der Waals surface area contributed by atoms with E-state index >= 15 is 0 Å². The third-order valence-corrected chi connectivity index (χ3v) is 3.72. The van der Waals surface area contributed by atoms with Crippen LogP contribution < -0.4 is 4.74 Å². The highest BCUT2D eigenvalue weighted by Gasteiger charge is 2.46. The Balaban J connectivity index is 0.000000491. The van der Waals surface area contributed by atoms with Crippen LogP contribution in [-0.2, 0) is 0 Å². The zero-order valence-electron chi connectivity index (χ0n) is 11.2. The molecule has 1 aliphatic rings. The monoisotopic (exact) mass is 388 g/mol. The molecule has 0 saturated heterocycles. The van der Waals surface area contributed by atoms with Crippen LogP contribution in [0, 0.1) is 5.41 Å². The van der Waals surface area contributed by atoms with Crippen molar-refractivity contribution in [1.82, 2.24) is 0 Å². The summed E-state index contributed by atoms with van der Waals surface area (Å²) >= 11 is 7.30. The minimum atomic E-state index is -4.65. The topological polar surface area (TPSA) is 46.5 Å². The first-order chi connectivity index (χ1) is 9.42. The molecule has 1 aromatic carbocycles. The molecule has 0 amide bonds. The van der Waals surface area contributed by atoms with Crippen LogP contribution in [0.2, 0.25) is 0 Å². The average molecular weight is 390 g/mol. The minimum absolute atomic E-state index is 0.195. The molecule has 0 radical (unpaired) electrons. The standard InChI is InChI=1S/C12H12BrF3O.CHClO2/c1-11(2)6-8(11)7-3-4-10(9(13)5-7)17-12(14,15)16;2-1(3)4/h3-5,8H,6H2,1-2H3;(H,3,4). The van der Waals surface area contributed by atoms with Crippen molar-refractivity contribution < 1.29 is 27.8 Å². The van der Waals surface area contributed by atoms with Crippen LogP contribution in [0.3, 0.4) is 0 Å². The SMILES string of the molecule is CC1(C)CC1c1ccc(OC(F)(F)F)c(Br)c1.O=C(O)Cl. The molecular weight excluding hydrogens is 376 g/mol. The van der Waals surface area contributed by atoms with E-state index in [1.54, 1.807) is 12.1 Å². The van der Waals surface area contributed by atoms with Gasteiger partial charge in [-0.1, -0.05) is 19.9 Å². The molecule has 1 saturated carbocycles. The molecule has 0 aliphatic heterocycles.